The highest BCUT2D eigenvalue weighted by molar-refractivity contribution is 6.68. The SMILES string of the molecule is [B]c1c([B])c([B])c(-c2ccc3c(-c4ccccc4)c4cc(-c5cccc6c5oc5ccccc56)ccc4c(-c4ccccc4)c3c2)c([B])c1[B]. The summed E-state index contributed by atoms with van der Waals surface area (Å²) in [7, 11) is 32.0. The van der Waals surface area contributed by atoms with E-state index >= 15 is 0 Å². The summed E-state index contributed by atoms with van der Waals surface area (Å²) in [6, 6.07) is 48.6. The van der Waals surface area contributed by atoms with Crippen LogP contribution in [-0.2, 0) is 0 Å². The van der Waals surface area contributed by atoms with Gasteiger partial charge in [-0.3, -0.25) is 0 Å². The van der Waals surface area contributed by atoms with E-state index in [1.807, 2.05) is 36.4 Å². The number of fused-ring (bicyclic) bond motifs is 5. The molecule has 0 bridgehead atoms. The molecular weight excluding hydrogens is 599 g/mol. The molecule has 50 heavy (non-hydrogen) atoms. The van der Waals surface area contributed by atoms with E-state index in [1.54, 1.807) is 0 Å². The third-order valence-corrected chi connectivity index (χ3v) is 9.94. The number of hydrogen-bond donors (Lipinski definition) is 0. The van der Waals surface area contributed by atoms with E-state index in [0.29, 0.717) is 16.5 Å². The van der Waals surface area contributed by atoms with E-state index in [4.69, 9.17) is 43.6 Å². The molecule has 0 spiro atoms. The summed E-state index contributed by atoms with van der Waals surface area (Å²) in [5, 5.41) is 6.56. The normalized spacial score (nSPS) is 11.6. The Kier molecular flexibility index (Phi) is 7.18. The van der Waals surface area contributed by atoms with E-state index in [0.717, 1.165) is 82.4 Å². The van der Waals surface area contributed by atoms with E-state index < -0.39 is 0 Å². The number of rotatable bonds is 4. The molecule has 0 aliphatic carbocycles. The van der Waals surface area contributed by atoms with Gasteiger partial charge in [0.1, 0.15) is 50.4 Å². The van der Waals surface area contributed by atoms with Crippen molar-refractivity contribution in [2.75, 3.05) is 0 Å². The second-order valence-corrected chi connectivity index (χ2v) is 12.7. The molecule has 1 nitrogen and oxygen atoms in total. The summed E-state index contributed by atoms with van der Waals surface area (Å²) < 4.78 is 6.48. The van der Waals surface area contributed by atoms with Crippen molar-refractivity contribution in [3.8, 4) is 44.5 Å². The molecule has 8 aromatic carbocycles. The van der Waals surface area contributed by atoms with Crippen LogP contribution in [0, 0.1) is 0 Å². The Balaban J connectivity index is 1.41. The number of benzene rings is 8. The lowest BCUT2D eigenvalue weighted by atomic mass is 9.59. The third-order valence-electron chi connectivity index (χ3n) is 9.94. The molecule has 6 heteroatoms. The minimum absolute atomic E-state index is 0.195. The Morgan fingerprint density at radius 3 is 1.44 bits per heavy atom. The van der Waals surface area contributed by atoms with Crippen LogP contribution in [0.4, 0.5) is 0 Å². The van der Waals surface area contributed by atoms with Crippen molar-refractivity contribution in [3.05, 3.63) is 140 Å². The number of hydrogen-bond acceptors (Lipinski definition) is 1. The topological polar surface area (TPSA) is 13.1 Å². The van der Waals surface area contributed by atoms with Crippen LogP contribution in [0.3, 0.4) is 0 Å². The number of furan rings is 1. The van der Waals surface area contributed by atoms with Crippen LogP contribution in [0.2, 0.25) is 0 Å². The Hall–Kier alpha value is -5.60. The van der Waals surface area contributed by atoms with E-state index in [9.17, 15) is 0 Å². The minimum atomic E-state index is 0.195. The van der Waals surface area contributed by atoms with Gasteiger partial charge in [0.2, 0.25) is 0 Å². The van der Waals surface area contributed by atoms with Crippen molar-refractivity contribution in [1.29, 1.82) is 0 Å². The first-order chi connectivity index (χ1) is 24.4. The standard InChI is InChI=1S/C44H23B5O/c45-39-38(40(46)42(48)43(49)41(39)47)27-19-21-31-34(23-27)37(25-12-5-2-6-13-25)30-20-18-26(22-33(30)36(31)24-10-3-1-4-11-24)28-15-9-16-32-29-14-7-8-17-35(29)50-44(28)32/h1-23H. The lowest BCUT2D eigenvalue weighted by molar-refractivity contribution is 0.670. The largest absolute Gasteiger partial charge is 0.455 e. The van der Waals surface area contributed by atoms with E-state index in [1.165, 1.54) is 0 Å². The zero-order valence-corrected chi connectivity index (χ0v) is 27.1. The Morgan fingerprint density at radius 2 is 0.820 bits per heavy atom. The fourth-order valence-corrected chi connectivity index (χ4v) is 7.52. The van der Waals surface area contributed by atoms with Crippen LogP contribution in [0.1, 0.15) is 0 Å². The molecule has 9 aromatic rings. The third kappa shape index (κ3) is 4.62. The summed E-state index contributed by atoms with van der Waals surface area (Å²) in [5.41, 5.74) is 10.9. The number of para-hydroxylation sites is 2. The summed E-state index contributed by atoms with van der Waals surface area (Å²) in [4.78, 5) is 0. The van der Waals surface area contributed by atoms with Crippen LogP contribution in [0.15, 0.2) is 144 Å². The minimum Gasteiger partial charge on any atom is -0.455 e. The average molecular weight is 622 g/mol. The molecule has 0 unspecified atom stereocenters. The Bertz CT molecular complexity index is 2780. The van der Waals surface area contributed by atoms with Crippen molar-refractivity contribution >= 4 is 110 Å². The molecule has 0 saturated heterocycles. The summed E-state index contributed by atoms with van der Waals surface area (Å²) in [5.74, 6) is 0. The molecule has 10 radical (unpaired) electrons. The van der Waals surface area contributed by atoms with E-state index in [-0.39, 0.29) is 16.4 Å². The predicted octanol–water partition coefficient (Wildman–Crippen LogP) is 6.53. The maximum atomic E-state index is 6.58. The molecule has 0 aliphatic rings. The van der Waals surface area contributed by atoms with Gasteiger partial charge in [-0.25, -0.2) is 0 Å². The van der Waals surface area contributed by atoms with Gasteiger partial charge in [0.15, 0.2) is 0 Å². The average Bonchev–Trinajstić information content (AvgIpc) is 3.55. The van der Waals surface area contributed by atoms with Crippen molar-refractivity contribution in [2.45, 2.75) is 0 Å². The summed E-state index contributed by atoms with van der Waals surface area (Å²) in [6.45, 7) is 0. The molecular formula is C44H23B5O. The van der Waals surface area contributed by atoms with Gasteiger partial charge in [-0.2, -0.15) is 0 Å². The fourth-order valence-electron chi connectivity index (χ4n) is 7.52. The summed E-state index contributed by atoms with van der Waals surface area (Å²) in [6.07, 6.45) is 0. The monoisotopic (exact) mass is 622 g/mol. The Labute approximate surface area is 297 Å². The zero-order chi connectivity index (χ0) is 34.1. The lowest BCUT2D eigenvalue weighted by Gasteiger charge is -2.23. The van der Waals surface area contributed by atoms with Crippen molar-refractivity contribution < 1.29 is 4.42 Å². The first kappa shape index (κ1) is 30.5. The first-order valence-corrected chi connectivity index (χ1v) is 16.5. The maximum Gasteiger partial charge on any atom is 0.143 e. The molecule has 1 aromatic heterocycles. The Morgan fingerprint density at radius 1 is 0.320 bits per heavy atom. The van der Waals surface area contributed by atoms with Gasteiger partial charge in [0.25, 0.3) is 0 Å². The molecule has 220 valence electrons. The smallest absolute Gasteiger partial charge is 0.143 e. The molecule has 0 fully saturated rings. The molecule has 0 N–H and O–H groups in total. The van der Waals surface area contributed by atoms with E-state index in [2.05, 4.69) is 103 Å². The van der Waals surface area contributed by atoms with Gasteiger partial charge >= 0.3 is 0 Å². The quantitative estimate of drug-likeness (QED) is 0.161. The molecule has 0 aliphatic heterocycles. The first-order valence-electron chi connectivity index (χ1n) is 16.5. The van der Waals surface area contributed by atoms with Crippen LogP contribution >= 0.6 is 0 Å². The summed E-state index contributed by atoms with van der Waals surface area (Å²) >= 11 is 0. The zero-order valence-electron chi connectivity index (χ0n) is 27.1. The van der Waals surface area contributed by atoms with Crippen molar-refractivity contribution in [1.82, 2.24) is 0 Å². The highest BCUT2D eigenvalue weighted by Crippen LogP contribution is 2.46. The second-order valence-electron chi connectivity index (χ2n) is 12.7. The van der Waals surface area contributed by atoms with Crippen LogP contribution in [0.25, 0.3) is 88.0 Å². The van der Waals surface area contributed by atoms with Gasteiger partial charge in [-0.05, 0) is 78.7 Å². The maximum absolute atomic E-state index is 6.58. The van der Waals surface area contributed by atoms with Crippen LogP contribution in [0.5, 0.6) is 0 Å². The molecule has 9 rings (SSSR count). The van der Waals surface area contributed by atoms with Gasteiger partial charge in [0.05, 0.1) is 0 Å². The van der Waals surface area contributed by atoms with Crippen LogP contribution < -0.4 is 27.3 Å². The van der Waals surface area contributed by atoms with Crippen molar-refractivity contribution in [2.24, 2.45) is 0 Å². The van der Waals surface area contributed by atoms with Gasteiger partial charge in [0, 0.05) is 16.3 Å². The molecule has 0 amide bonds. The highest BCUT2D eigenvalue weighted by Gasteiger charge is 2.21. The lowest BCUT2D eigenvalue weighted by Crippen LogP contribution is -2.55. The second kappa shape index (κ2) is 11.8. The molecule has 0 saturated carbocycles. The highest BCUT2D eigenvalue weighted by atomic mass is 16.3. The molecule has 1 heterocycles. The van der Waals surface area contributed by atoms with Gasteiger partial charge in [-0.1, -0.05) is 132 Å². The fraction of sp³-hybridized carbons (Fsp3) is 0. The molecule has 0 atom stereocenters. The van der Waals surface area contributed by atoms with Crippen LogP contribution in [-0.4, -0.2) is 39.2 Å². The van der Waals surface area contributed by atoms with Gasteiger partial charge in [-0.15, -0.1) is 16.4 Å². The van der Waals surface area contributed by atoms with Gasteiger partial charge < -0.3 is 4.42 Å². The predicted molar refractivity (Wildman–Crippen MR) is 217 cm³/mol. The van der Waals surface area contributed by atoms with Crippen molar-refractivity contribution in [3.63, 3.8) is 0 Å².